The molecule has 136 valence electrons. The van der Waals surface area contributed by atoms with E-state index in [1.807, 2.05) is 0 Å². The minimum atomic E-state index is -1.16. The average Bonchev–Trinajstić information content (AvgIpc) is 2.55. The minimum Gasteiger partial charge on any atom is -0.480 e. The van der Waals surface area contributed by atoms with Crippen LogP contribution in [0.25, 0.3) is 0 Å². The van der Waals surface area contributed by atoms with Crippen molar-refractivity contribution in [1.29, 1.82) is 0 Å². The molecule has 1 atom stereocenters. The number of aliphatic carboxylic acids is 1. The van der Waals surface area contributed by atoms with E-state index in [0.717, 1.165) is 0 Å². The normalized spacial score (nSPS) is 11.5. The summed E-state index contributed by atoms with van der Waals surface area (Å²) in [6.45, 7) is 4.64. The molecule has 7 heteroatoms. The molecule has 0 fully saturated rings. The lowest BCUT2D eigenvalue weighted by atomic mass is 10.00. The summed E-state index contributed by atoms with van der Waals surface area (Å²) in [7, 11) is 0. The molecule has 0 aliphatic heterocycles. The second-order valence-electron chi connectivity index (χ2n) is 5.63. The number of benzene rings is 1. The largest absolute Gasteiger partial charge is 0.480 e. The van der Waals surface area contributed by atoms with E-state index >= 15 is 0 Å². The standard InChI is InChI=1S/C18H23NO6/c1-4-14(21)10-13-7-6-12(9-16(13)25-17(22)5-2)8-15(18(23)24)19-11(3)20/h6-7,9,15H,4-5,8,10H2,1-3H3,(H,19,20)(H,23,24)/t15-/m0/s1. The van der Waals surface area contributed by atoms with Crippen LogP contribution in [0.5, 0.6) is 5.75 Å². The summed E-state index contributed by atoms with van der Waals surface area (Å²) >= 11 is 0. The van der Waals surface area contributed by atoms with Crippen LogP contribution in [0.2, 0.25) is 0 Å². The maximum atomic E-state index is 11.7. The molecule has 25 heavy (non-hydrogen) atoms. The lowest BCUT2D eigenvalue weighted by Crippen LogP contribution is -2.41. The second-order valence-corrected chi connectivity index (χ2v) is 5.63. The Balaban J connectivity index is 3.10. The van der Waals surface area contributed by atoms with E-state index in [0.29, 0.717) is 17.5 Å². The maximum Gasteiger partial charge on any atom is 0.326 e. The van der Waals surface area contributed by atoms with Gasteiger partial charge < -0.3 is 15.2 Å². The number of carbonyl (C=O) groups excluding carboxylic acids is 3. The molecule has 0 radical (unpaired) electrons. The maximum absolute atomic E-state index is 11.7. The van der Waals surface area contributed by atoms with E-state index in [1.54, 1.807) is 32.0 Å². The molecule has 0 bridgehead atoms. The van der Waals surface area contributed by atoms with Crippen molar-refractivity contribution >= 4 is 23.6 Å². The van der Waals surface area contributed by atoms with Gasteiger partial charge in [-0.05, 0) is 11.6 Å². The van der Waals surface area contributed by atoms with Gasteiger partial charge in [-0.25, -0.2) is 4.79 Å². The fraction of sp³-hybridized carbons (Fsp3) is 0.444. The van der Waals surface area contributed by atoms with Crippen LogP contribution in [0.15, 0.2) is 18.2 Å². The number of ketones is 1. The Hall–Kier alpha value is -2.70. The second kappa shape index (κ2) is 9.56. The quantitative estimate of drug-likeness (QED) is 0.518. The molecule has 0 aromatic heterocycles. The molecule has 1 aromatic carbocycles. The van der Waals surface area contributed by atoms with Gasteiger partial charge in [-0.15, -0.1) is 0 Å². The summed E-state index contributed by atoms with van der Waals surface area (Å²) in [5.74, 6) is -1.80. The third-order valence-electron chi connectivity index (χ3n) is 3.54. The number of carboxylic acid groups (broad SMARTS) is 1. The Labute approximate surface area is 146 Å². The number of hydrogen-bond donors (Lipinski definition) is 2. The van der Waals surface area contributed by atoms with E-state index in [2.05, 4.69) is 5.32 Å². The van der Waals surface area contributed by atoms with Gasteiger partial charge in [0.05, 0.1) is 0 Å². The molecule has 1 rings (SSSR count). The van der Waals surface area contributed by atoms with Gasteiger partial charge in [-0.3, -0.25) is 14.4 Å². The van der Waals surface area contributed by atoms with Crippen LogP contribution in [0.3, 0.4) is 0 Å². The number of rotatable bonds is 9. The van der Waals surface area contributed by atoms with Crippen molar-refractivity contribution in [2.75, 3.05) is 0 Å². The van der Waals surface area contributed by atoms with Crippen molar-refractivity contribution in [3.63, 3.8) is 0 Å². The van der Waals surface area contributed by atoms with E-state index in [1.165, 1.54) is 6.92 Å². The first-order chi connectivity index (χ1) is 11.8. The molecule has 0 spiro atoms. The number of nitrogens with one attached hydrogen (secondary N) is 1. The van der Waals surface area contributed by atoms with Crippen LogP contribution >= 0.6 is 0 Å². The highest BCUT2D eigenvalue weighted by molar-refractivity contribution is 5.83. The fourth-order valence-electron chi connectivity index (χ4n) is 2.18. The van der Waals surface area contributed by atoms with Gasteiger partial charge in [0.1, 0.15) is 17.6 Å². The van der Waals surface area contributed by atoms with Gasteiger partial charge in [0, 0.05) is 38.2 Å². The Kier molecular flexibility index (Phi) is 7.78. The number of amides is 1. The van der Waals surface area contributed by atoms with Crippen LogP contribution in [0.4, 0.5) is 0 Å². The molecule has 0 unspecified atom stereocenters. The monoisotopic (exact) mass is 349 g/mol. The predicted molar refractivity (Wildman–Crippen MR) is 90.3 cm³/mol. The van der Waals surface area contributed by atoms with Crippen LogP contribution < -0.4 is 10.1 Å². The molecule has 1 amide bonds. The lowest BCUT2D eigenvalue weighted by Gasteiger charge is -2.15. The van der Waals surface area contributed by atoms with Crippen LogP contribution in [-0.4, -0.2) is 34.8 Å². The van der Waals surface area contributed by atoms with Crippen molar-refractivity contribution in [3.8, 4) is 5.75 Å². The number of carbonyl (C=O) groups is 4. The smallest absolute Gasteiger partial charge is 0.326 e. The molecule has 1 aromatic rings. The van der Waals surface area contributed by atoms with Crippen molar-refractivity contribution in [2.24, 2.45) is 0 Å². The lowest BCUT2D eigenvalue weighted by molar-refractivity contribution is -0.141. The van der Waals surface area contributed by atoms with Crippen molar-refractivity contribution in [2.45, 2.75) is 52.5 Å². The van der Waals surface area contributed by atoms with Crippen molar-refractivity contribution in [3.05, 3.63) is 29.3 Å². The van der Waals surface area contributed by atoms with Crippen LogP contribution in [0, 0.1) is 0 Å². The first-order valence-electron chi connectivity index (χ1n) is 8.10. The number of Topliss-reactive ketones (excluding diaryl/α,β-unsaturated/α-hetero) is 1. The summed E-state index contributed by atoms with van der Waals surface area (Å²) in [6, 6.07) is 3.77. The van der Waals surface area contributed by atoms with Gasteiger partial charge in [0.2, 0.25) is 5.91 Å². The summed E-state index contributed by atoms with van der Waals surface area (Å²) in [5, 5.41) is 11.6. The zero-order chi connectivity index (χ0) is 19.0. The average molecular weight is 349 g/mol. The third-order valence-corrected chi connectivity index (χ3v) is 3.54. The Morgan fingerprint density at radius 1 is 1.16 bits per heavy atom. The topological polar surface area (TPSA) is 110 Å². The summed E-state index contributed by atoms with van der Waals surface area (Å²) in [4.78, 5) is 45.7. The third kappa shape index (κ3) is 6.74. The number of ether oxygens (including phenoxy) is 1. The number of esters is 1. The molecule has 2 N–H and O–H groups in total. The molecule has 0 aliphatic carbocycles. The summed E-state index contributed by atoms with van der Waals surface area (Å²) in [5.41, 5.74) is 1.15. The Morgan fingerprint density at radius 3 is 2.36 bits per heavy atom. The Morgan fingerprint density at radius 2 is 1.84 bits per heavy atom. The van der Waals surface area contributed by atoms with E-state index in [4.69, 9.17) is 4.74 Å². The van der Waals surface area contributed by atoms with Crippen LogP contribution in [-0.2, 0) is 32.0 Å². The van der Waals surface area contributed by atoms with Crippen LogP contribution in [0.1, 0.15) is 44.7 Å². The van der Waals surface area contributed by atoms with Gasteiger partial charge in [0.25, 0.3) is 0 Å². The highest BCUT2D eigenvalue weighted by Crippen LogP contribution is 2.23. The highest BCUT2D eigenvalue weighted by atomic mass is 16.5. The van der Waals surface area contributed by atoms with Crippen molar-refractivity contribution in [1.82, 2.24) is 5.32 Å². The Bertz CT molecular complexity index is 668. The van der Waals surface area contributed by atoms with E-state index in [9.17, 15) is 24.3 Å². The predicted octanol–water partition coefficient (Wildman–Crippen LogP) is 1.66. The van der Waals surface area contributed by atoms with E-state index < -0.39 is 23.9 Å². The van der Waals surface area contributed by atoms with Gasteiger partial charge in [-0.1, -0.05) is 26.0 Å². The molecule has 0 saturated carbocycles. The van der Waals surface area contributed by atoms with Gasteiger partial charge >= 0.3 is 11.9 Å². The zero-order valence-electron chi connectivity index (χ0n) is 14.6. The first kappa shape index (κ1) is 20.3. The summed E-state index contributed by atoms with van der Waals surface area (Å²) in [6.07, 6.45) is 0.715. The highest BCUT2D eigenvalue weighted by Gasteiger charge is 2.20. The zero-order valence-corrected chi connectivity index (χ0v) is 14.6. The first-order valence-corrected chi connectivity index (χ1v) is 8.10. The fourth-order valence-corrected chi connectivity index (χ4v) is 2.18. The SMILES string of the molecule is CCC(=O)Cc1ccc(C[C@H](NC(C)=O)C(=O)O)cc1OC(=O)CC. The summed E-state index contributed by atoms with van der Waals surface area (Å²) < 4.78 is 5.28. The number of hydrogen-bond acceptors (Lipinski definition) is 5. The molecule has 0 saturated heterocycles. The molecular weight excluding hydrogens is 326 g/mol. The number of carboxylic acids is 1. The molecule has 0 aliphatic rings. The minimum absolute atomic E-state index is 0.00297. The molecular formula is C18H23NO6. The van der Waals surface area contributed by atoms with Gasteiger partial charge in [0.15, 0.2) is 0 Å². The van der Waals surface area contributed by atoms with Crippen molar-refractivity contribution < 1.29 is 29.0 Å². The van der Waals surface area contributed by atoms with Gasteiger partial charge in [-0.2, -0.15) is 0 Å². The van der Waals surface area contributed by atoms with E-state index in [-0.39, 0.29) is 30.8 Å². The molecule has 7 nitrogen and oxygen atoms in total. The molecule has 0 heterocycles.